The molecular weight excluding hydrogens is 226 g/mol. The van der Waals surface area contributed by atoms with Crippen molar-refractivity contribution in [1.82, 2.24) is 0 Å². The van der Waals surface area contributed by atoms with E-state index in [1.807, 2.05) is 18.2 Å². The van der Waals surface area contributed by atoms with Gasteiger partial charge in [0.15, 0.2) is 0 Å². The molecule has 98 valence electrons. The lowest BCUT2D eigenvalue weighted by Crippen LogP contribution is -2.11. The zero-order valence-corrected chi connectivity index (χ0v) is 11.3. The van der Waals surface area contributed by atoms with Crippen LogP contribution in [0.4, 0.5) is 0 Å². The normalized spacial score (nSPS) is 11.3. The second-order valence-corrected chi connectivity index (χ2v) is 4.09. The van der Waals surface area contributed by atoms with Gasteiger partial charge in [-0.25, -0.2) is 0 Å². The fraction of sp³-hybridized carbons (Fsp3) is 0.467. The molecule has 1 unspecified atom stereocenters. The molecule has 0 radical (unpaired) electrons. The van der Waals surface area contributed by atoms with Crippen LogP contribution in [0.5, 0.6) is 11.5 Å². The van der Waals surface area contributed by atoms with E-state index < -0.39 is 0 Å². The third-order valence-electron chi connectivity index (χ3n) is 2.54. The molecule has 3 nitrogen and oxygen atoms in total. The van der Waals surface area contributed by atoms with E-state index in [-0.39, 0.29) is 6.10 Å². The van der Waals surface area contributed by atoms with E-state index in [0.29, 0.717) is 6.54 Å². The standard InChI is InChI=1S/C15H21NO2/c1-4-6-12(2)18-15-9-8-14(17-3)11-13(15)7-5-10-16/h8-9,11-12H,4,6,10,16H2,1-3H3. The molecule has 2 N–H and O–H groups in total. The largest absolute Gasteiger partial charge is 0.497 e. The Balaban J connectivity index is 2.94. The molecule has 0 heterocycles. The predicted octanol–water partition coefficient (Wildman–Crippen LogP) is 2.57. The van der Waals surface area contributed by atoms with Crippen molar-refractivity contribution in [2.75, 3.05) is 13.7 Å². The number of hydrogen-bond acceptors (Lipinski definition) is 3. The quantitative estimate of drug-likeness (QED) is 0.813. The molecular formula is C15H21NO2. The van der Waals surface area contributed by atoms with Crippen LogP contribution < -0.4 is 15.2 Å². The number of hydrogen-bond donors (Lipinski definition) is 1. The first-order valence-corrected chi connectivity index (χ1v) is 6.24. The lowest BCUT2D eigenvalue weighted by Gasteiger charge is -2.15. The van der Waals surface area contributed by atoms with Crippen molar-refractivity contribution in [3.63, 3.8) is 0 Å². The van der Waals surface area contributed by atoms with Crippen LogP contribution in [-0.2, 0) is 0 Å². The van der Waals surface area contributed by atoms with Gasteiger partial charge in [-0.15, -0.1) is 0 Å². The van der Waals surface area contributed by atoms with Crippen molar-refractivity contribution >= 4 is 0 Å². The molecule has 0 amide bonds. The number of rotatable bonds is 5. The Morgan fingerprint density at radius 2 is 2.17 bits per heavy atom. The van der Waals surface area contributed by atoms with Gasteiger partial charge in [0.2, 0.25) is 0 Å². The summed E-state index contributed by atoms with van der Waals surface area (Å²) in [6.45, 7) is 4.54. The SMILES string of the molecule is CCCC(C)Oc1ccc(OC)cc1C#CCN. The minimum Gasteiger partial charge on any atom is -0.497 e. The molecule has 1 rings (SSSR count). The van der Waals surface area contributed by atoms with E-state index >= 15 is 0 Å². The summed E-state index contributed by atoms with van der Waals surface area (Å²) >= 11 is 0. The van der Waals surface area contributed by atoms with Crippen molar-refractivity contribution in [3.05, 3.63) is 23.8 Å². The average molecular weight is 247 g/mol. The molecule has 0 saturated carbocycles. The number of benzene rings is 1. The fourth-order valence-electron chi connectivity index (χ4n) is 1.66. The van der Waals surface area contributed by atoms with E-state index in [9.17, 15) is 0 Å². The number of ether oxygens (including phenoxy) is 2. The zero-order valence-electron chi connectivity index (χ0n) is 11.3. The van der Waals surface area contributed by atoms with Crippen molar-refractivity contribution in [1.29, 1.82) is 0 Å². The Hall–Kier alpha value is -1.66. The van der Waals surface area contributed by atoms with Crippen LogP contribution in [-0.4, -0.2) is 19.8 Å². The van der Waals surface area contributed by atoms with Gasteiger partial charge in [-0.3, -0.25) is 0 Å². The summed E-state index contributed by atoms with van der Waals surface area (Å²) in [5.41, 5.74) is 6.22. The molecule has 1 aromatic carbocycles. The highest BCUT2D eigenvalue weighted by Gasteiger charge is 2.07. The second-order valence-electron chi connectivity index (χ2n) is 4.09. The van der Waals surface area contributed by atoms with Crippen molar-refractivity contribution in [3.8, 4) is 23.3 Å². The molecule has 0 bridgehead atoms. The average Bonchev–Trinajstić information content (AvgIpc) is 2.37. The first kappa shape index (κ1) is 14.4. The van der Waals surface area contributed by atoms with Gasteiger partial charge in [0, 0.05) is 0 Å². The maximum Gasteiger partial charge on any atom is 0.135 e. The molecule has 0 aliphatic heterocycles. The van der Waals surface area contributed by atoms with Gasteiger partial charge < -0.3 is 15.2 Å². The van der Waals surface area contributed by atoms with Crippen molar-refractivity contribution < 1.29 is 9.47 Å². The maximum atomic E-state index is 5.88. The van der Waals surface area contributed by atoms with Gasteiger partial charge in [-0.1, -0.05) is 25.2 Å². The molecule has 0 aromatic heterocycles. The molecule has 3 heteroatoms. The van der Waals surface area contributed by atoms with Gasteiger partial charge >= 0.3 is 0 Å². The van der Waals surface area contributed by atoms with Crippen LogP contribution >= 0.6 is 0 Å². The van der Waals surface area contributed by atoms with Crippen LogP contribution in [0.1, 0.15) is 32.3 Å². The van der Waals surface area contributed by atoms with Gasteiger partial charge in [-0.2, -0.15) is 0 Å². The van der Waals surface area contributed by atoms with E-state index in [2.05, 4.69) is 25.7 Å². The highest BCUT2D eigenvalue weighted by Crippen LogP contribution is 2.25. The van der Waals surface area contributed by atoms with Crippen molar-refractivity contribution in [2.24, 2.45) is 5.73 Å². The smallest absolute Gasteiger partial charge is 0.135 e. The van der Waals surface area contributed by atoms with Gasteiger partial charge in [-0.05, 0) is 31.5 Å². The summed E-state index contributed by atoms with van der Waals surface area (Å²) in [5, 5.41) is 0. The topological polar surface area (TPSA) is 44.5 Å². The van der Waals surface area contributed by atoms with Crippen LogP contribution in [0.25, 0.3) is 0 Å². The molecule has 18 heavy (non-hydrogen) atoms. The van der Waals surface area contributed by atoms with E-state index in [1.165, 1.54) is 0 Å². The molecule has 0 saturated heterocycles. The molecule has 1 aromatic rings. The fourth-order valence-corrected chi connectivity index (χ4v) is 1.66. The van der Waals surface area contributed by atoms with Crippen molar-refractivity contribution in [2.45, 2.75) is 32.8 Å². The maximum absolute atomic E-state index is 5.88. The van der Waals surface area contributed by atoms with Crippen LogP contribution in [0, 0.1) is 11.8 Å². The highest BCUT2D eigenvalue weighted by molar-refractivity contribution is 5.50. The van der Waals surface area contributed by atoms with Crippen LogP contribution in [0.15, 0.2) is 18.2 Å². The summed E-state index contributed by atoms with van der Waals surface area (Å²) in [6.07, 6.45) is 2.30. The molecule has 0 spiro atoms. The summed E-state index contributed by atoms with van der Waals surface area (Å²) in [4.78, 5) is 0. The highest BCUT2D eigenvalue weighted by atomic mass is 16.5. The summed E-state index contributed by atoms with van der Waals surface area (Å²) in [6, 6.07) is 5.64. The Kier molecular flexibility index (Phi) is 6.10. The van der Waals surface area contributed by atoms with E-state index in [4.69, 9.17) is 15.2 Å². The Bertz CT molecular complexity index is 432. The predicted molar refractivity (Wildman–Crippen MR) is 73.9 cm³/mol. The van der Waals surface area contributed by atoms with E-state index in [1.54, 1.807) is 7.11 Å². The first-order chi connectivity index (χ1) is 8.71. The molecule has 0 aliphatic carbocycles. The Morgan fingerprint density at radius 3 is 2.78 bits per heavy atom. The minimum absolute atomic E-state index is 0.182. The molecule has 0 fully saturated rings. The lowest BCUT2D eigenvalue weighted by molar-refractivity contribution is 0.209. The van der Waals surface area contributed by atoms with Gasteiger partial charge in [0.05, 0.1) is 25.3 Å². The van der Waals surface area contributed by atoms with Crippen LogP contribution in [0.3, 0.4) is 0 Å². The second kappa shape index (κ2) is 7.62. The minimum atomic E-state index is 0.182. The summed E-state index contributed by atoms with van der Waals surface area (Å²) in [7, 11) is 1.63. The summed E-state index contributed by atoms with van der Waals surface area (Å²) < 4.78 is 11.1. The Labute approximate surface area is 109 Å². The third-order valence-corrected chi connectivity index (χ3v) is 2.54. The number of methoxy groups -OCH3 is 1. The first-order valence-electron chi connectivity index (χ1n) is 6.24. The molecule has 1 atom stereocenters. The monoisotopic (exact) mass is 247 g/mol. The number of nitrogens with two attached hydrogens (primary N) is 1. The van der Waals surface area contributed by atoms with Crippen LogP contribution in [0.2, 0.25) is 0 Å². The Morgan fingerprint density at radius 1 is 1.39 bits per heavy atom. The van der Waals surface area contributed by atoms with E-state index in [0.717, 1.165) is 29.9 Å². The molecule has 0 aliphatic rings. The van der Waals surface area contributed by atoms with Gasteiger partial charge in [0.25, 0.3) is 0 Å². The zero-order chi connectivity index (χ0) is 13.4. The summed E-state index contributed by atoms with van der Waals surface area (Å²) in [5.74, 6) is 7.42. The lowest BCUT2D eigenvalue weighted by atomic mass is 10.1. The third kappa shape index (κ3) is 4.31. The van der Waals surface area contributed by atoms with Gasteiger partial charge in [0.1, 0.15) is 11.5 Å².